The minimum atomic E-state index is -1.04. The van der Waals surface area contributed by atoms with E-state index in [4.69, 9.17) is 9.47 Å². The van der Waals surface area contributed by atoms with Gasteiger partial charge in [0, 0.05) is 14.2 Å². The number of ether oxygens (including phenoxy) is 2. The normalized spacial score (nSPS) is 13.8. The molecule has 1 N–H and O–H groups in total. The highest BCUT2D eigenvalue weighted by molar-refractivity contribution is 6.57. The van der Waals surface area contributed by atoms with Crippen molar-refractivity contribution in [2.45, 2.75) is 32.2 Å². The van der Waals surface area contributed by atoms with Crippen LogP contribution in [0.5, 0.6) is 0 Å². The molecular weight excluding hydrogens is 170 g/mol. The molecule has 0 spiro atoms. The molecule has 1 unspecified atom stereocenters. The van der Waals surface area contributed by atoms with E-state index < -0.39 is 8.96 Å². The van der Waals surface area contributed by atoms with Crippen molar-refractivity contribution in [3.8, 4) is 0 Å². The number of hydrogen-bond acceptors (Lipinski definition) is 3. The van der Waals surface area contributed by atoms with Crippen molar-refractivity contribution in [2.24, 2.45) is 0 Å². The molecule has 0 aromatic heterocycles. The van der Waals surface area contributed by atoms with Gasteiger partial charge in [0.15, 0.2) is 14.9 Å². The molecule has 4 heteroatoms. The molecule has 0 aliphatic carbocycles. The Morgan fingerprint density at radius 2 is 1.83 bits per heavy atom. The Kier molecular flexibility index (Phi) is 7.79. The number of nitrogens with one attached hydrogen (secondary N) is 1. The maximum absolute atomic E-state index is 5.24. The van der Waals surface area contributed by atoms with Crippen molar-refractivity contribution >= 4 is 8.96 Å². The van der Waals surface area contributed by atoms with Gasteiger partial charge in [-0.3, -0.25) is 0 Å². The molecule has 0 aliphatic heterocycles. The van der Waals surface area contributed by atoms with Gasteiger partial charge in [-0.1, -0.05) is 20.3 Å². The van der Waals surface area contributed by atoms with E-state index in [0.717, 1.165) is 6.54 Å². The summed E-state index contributed by atoms with van der Waals surface area (Å²) in [5, 5.41) is 0. The minimum absolute atomic E-state index is 0.0184. The fourth-order valence-electron chi connectivity index (χ4n) is 1.33. The summed E-state index contributed by atoms with van der Waals surface area (Å²) in [6, 6.07) is 1.22. The van der Waals surface area contributed by atoms with Crippen LogP contribution < -0.4 is 4.98 Å². The van der Waals surface area contributed by atoms with E-state index in [0.29, 0.717) is 0 Å². The average molecular weight is 191 g/mol. The molecule has 0 bridgehead atoms. The first-order valence-corrected chi connectivity index (χ1v) is 6.65. The zero-order valence-corrected chi connectivity index (χ0v) is 9.75. The molecule has 74 valence electrons. The van der Waals surface area contributed by atoms with Crippen LogP contribution >= 0.6 is 0 Å². The first-order chi connectivity index (χ1) is 5.79. The summed E-state index contributed by atoms with van der Waals surface area (Å²) in [6.45, 7) is 5.33. The van der Waals surface area contributed by atoms with Gasteiger partial charge in [-0.25, -0.2) is 0 Å². The third kappa shape index (κ3) is 4.20. The van der Waals surface area contributed by atoms with Crippen LogP contribution in [0.3, 0.4) is 0 Å². The van der Waals surface area contributed by atoms with Gasteiger partial charge in [0.1, 0.15) is 0 Å². The van der Waals surface area contributed by atoms with Crippen LogP contribution in [-0.2, 0) is 9.47 Å². The van der Waals surface area contributed by atoms with E-state index in [1.165, 1.54) is 12.5 Å². The van der Waals surface area contributed by atoms with Gasteiger partial charge in [-0.05, 0) is 12.6 Å². The number of rotatable bonds is 7. The fourth-order valence-corrected chi connectivity index (χ4v) is 3.80. The van der Waals surface area contributed by atoms with E-state index in [-0.39, 0.29) is 5.91 Å². The first-order valence-electron chi connectivity index (χ1n) is 4.59. The first kappa shape index (κ1) is 12.1. The molecule has 3 nitrogen and oxygen atoms in total. The lowest BCUT2D eigenvalue weighted by Gasteiger charge is -2.23. The van der Waals surface area contributed by atoms with Crippen LogP contribution in [0.25, 0.3) is 0 Å². The van der Waals surface area contributed by atoms with Crippen molar-refractivity contribution < 1.29 is 9.47 Å². The second-order valence-corrected chi connectivity index (χ2v) is 5.54. The molecule has 1 atom stereocenters. The molecule has 0 heterocycles. The predicted molar refractivity (Wildman–Crippen MR) is 53.7 cm³/mol. The quantitative estimate of drug-likeness (QED) is 0.479. The summed E-state index contributed by atoms with van der Waals surface area (Å²) in [7, 11) is 2.38. The third-order valence-corrected chi connectivity index (χ3v) is 5.19. The monoisotopic (exact) mass is 191 g/mol. The highest BCUT2D eigenvalue weighted by Crippen LogP contribution is 2.03. The average Bonchev–Trinajstić information content (AvgIpc) is 2.07. The maximum atomic E-state index is 5.24. The van der Waals surface area contributed by atoms with Gasteiger partial charge >= 0.3 is 0 Å². The van der Waals surface area contributed by atoms with E-state index in [1.54, 1.807) is 14.2 Å². The summed E-state index contributed by atoms with van der Waals surface area (Å²) >= 11 is 0. The van der Waals surface area contributed by atoms with Crippen LogP contribution in [0.4, 0.5) is 0 Å². The highest BCUT2D eigenvalue weighted by atomic mass is 28.3. The van der Waals surface area contributed by atoms with Crippen LogP contribution in [0.2, 0.25) is 6.04 Å². The summed E-state index contributed by atoms with van der Waals surface area (Å²) in [4.78, 5) is 3.47. The molecule has 12 heavy (non-hydrogen) atoms. The smallest absolute Gasteiger partial charge is 0.174 e. The van der Waals surface area contributed by atoms with Crippen molar-refractivity contribution in [2.75, 3.05) is 20.8 Å². The van der Waals surface area contributed by atoms with E-state index >= 15 is 0 Å². The number of hydrogen-bond donors (Lipinski definition) is 1. The van der Waals surface area contributed by atoms with Crippen molar-refractivity contribution in [3.63, 3.8) is 0 Å². The molecule has 0 radical (unpaired) electrons. The second kappa shape index (κ2) is 7.73. The Morgan fingerprint density at radius 3 is 2.17 bits per heavy atom. The summed E-state index contributed by atoms with van der Waals surface area (Å²) in [5.74, 6) is 0.0184. The Balaban J connectivity index is 3.86. The van der Waals surface area contributed by atoms with Gasteiger partial charge in [-0.15, -0.1) is 0 Å². The summed E-state index contributed by atoms with van der Waals surface area (Å²) in [6.07, 6.45) is 1.20. The van der Waals surface area contributed by atoms with Gasteiger partial charge in [0.05, 0.1) is 0 Å². The minimum Gasteiger partial charge on any atom is -0.358 e. The van der Waals surface area contributed by atoms with E-state index in [1.807, 2.05) is 0 Å². The molecule has 0 aliphatic rings. The zero-order valence-electron chi connectivity index (χ0n) is 8.59. The fraction of sp³-hybridized carbons (Fsp3) is 1.00. The van der Waals surface area contributed by atoms with E-state index in [9.17, 15) is 0 Å². The topological polar surface area (TPSA) is 30.5 Å². The van der Waals surface area contributed by atoms with Crippen LogP contribution in [0.15, 0.2) is 0 Å². The van der Waals surface area contributed by atoms with Gasteiger partial charge in [0.2, 0.25) is 0 Å². The molecule has 0 aromatic rings. The lowest BCUT2D eigenvalue weighted by atomic mass is 10.6. The standard InChI is InChI=1S/C8H21NO2Si/c1-5-7-12(9-6-2)8(10-3)11-4/h8-9,12H,5-7H2,1-4H3. The summed E-state index contributed by atoms with van der Waals surface area (Å²) < 4.78 is 10.5. The van der Waals surface area contributed by atoms with Gasteiger partial charge in [-0.2, -0.15) is 0 Å². The molecule has 0 aromatic carbocycles. The Morgan fingerprint density at radius 1 is 1.25 bits per heavy atom. The second-order valence-electron chi connectivity index (χ2n) is 2.79. The Hall–Kier alpha value is 0.0969. The predicted octanol–water partition coefficient (Wildman–Crippen LogP) is 0.888. The lowest BCUT2D eigenvalue weighted by Crippen LogP contribution is -2.46. The molecule has 0 saturated carbocycles. The van der Waals surface area contributed by atoms with Gasteiger partial charge in [0.25, 0.3) is 0 Å². The molecule has 0 amide bonds. The third-order valence-electron chi connectivity index (χ3n) is 1.86. The van der Waals surface area contributed by atoms with Crippen LogP contribution in [-0.4, -0.2) is 35.6 Å². The highest BCUT2D eigenvalue weighted by Gasteiger charge is 2.20. The SMILES string of the molecule is CCC[SiH](NCC)C(OC)OC. The van der Waals surface area contributed by atoms with E-state index in [2.05, 4.69) is 18.8 Å². The lowest BCUT2D eigenvalue weighted by molar-refractivity contribution is -0.0485. The molecule has 0 rings (SSSR count). The largest absolute Gasteiger partial charge is 0.358 e. The number of methoxy groups -OCH3 is 2. The molecule has 0 fully saturated rings. The Labute approximate surface area is 77.1 Å². The zero-order chi connectivity index (χ0) is 9.40. The van der Waals surface area contributed by atoms with Crippen molar-refractivity contribution in [3.05, 3.63) is 0 Å². The van der Waals surface area contributed by atoms with Crippen molar-refractivity contribution in [1.29, 1.82) is 0 Å². The maximum Gasteiger partial charge on any atom is 0.174 e. The van der Waals surface area contributed by atoms with Crippen LogP contribution in [0.1, 0.15) is 20.3 Å². The van der Waals surface area contributed by atoms with Crippen LogP contribution in [0, 0.1) is 0 Å². The van der Waals surface area contributed by atoms with Crippen molar-refractivity contribution in [1.82, 2.24) is 4.98 Å². The Bertz CT molecular complexity index is 93.1. The molecule has 0 saturated heterocycles. The van der Waals surface area contributed by atoms with Gasteiger partial charge < -0.3 is 14.5 Å². The summed E-state index contributed by atoms with van der Waals surface area (Å²) in [5.41, 5.74) is 0. The molecular formula is C8H21NO2Si.